The second kappa shape index (κ2) is 15.2. The molecular formula is C58H48BBrO3. The number of ether oxygens (including phenoxy) is 1. The van der Waals surface area contributed by atoms with Crippen molar-refractivity contribution >= 4 is 93.1 Å². The Balaban J connectivity index is 0.000000127. The maximum absolute atomic E-state index is 10.1. The molecule has 3 aliphatic rings. The van der Waals surface area contributed by atoms with Crippen LogP contribution in [-0.4, -0.2) is 30.4 Å². The Kier molecular flexibility index (Phi) is 9.63. The Hall–Kier alpha value is -5.82. The van der Waals surface area contributed by atoms with Crippen LogP contribution in [0, 0.1) is 0 Å². The lowest BCUT2D eigenvalue weighted by molar-refractivity contribution is 0.198. The van der Waals surface area contributed by atoms with Crippen LogP contribution in [0.25, 0.3) is 86.9 Å². The van der Waals surface area contributed by atoms with Crippen LogP contribution in [0.5, 0.6) is 0 Å². The molecule has 1 saturated heterocycles. The summed E-state index contributed by atoms with van der Waals surface area (Å²) in [6, 6.07) is 56.3. The van der Waals surface area contributed by atoms with E-state index in [2.05, 4.69) is 177 Å². The maximum Gasteiger partial charge on any atom is 0.489 e. The molecule has 1 aliphatic heterocycles. The fourth-order valence-electron chi connectivity index (χ4n) is 11.4. The molecule has 0 amide bonds. The summed E-state index contributed by atoms with van der Waals surface area (Å²) in [5.74, 6) is 0. The lowest BCUT2D eigenvalue weighted by Gasteiger charge is -2.24. The highest BCUT2D eigenvalue weighted by atomic mass is 79.9. The number of halogens is 1. The first-order valence-corrected chi connectivity index (χ1v) is 23.0. The number of rotatable bonds is 1. The van der Waals surface area contributed by atoms with Gasteiger partial charge in [0, 0.05) is 28.5 Å². The molecular weight excluding hydrogens is 835 g/mol. The van der Waals surface area contributed by atoms with E-state index in [4.69, 9.17) is 4.74 Å². The fraction of sp³-hybridized carbons (Fsp3) is 0.172. The summed E-state index contributed by atoms with van der Waals surface area (Å²) in [4.78, 5) is 0. The molecule has 0 atom stereocenters. The van der Waals surface area contributed by atoms with Gasteiger partial charge in [0.15, 0.2) is 0 Å². The SMILES string of the molecule is C1CCOC1.CC1(C)c2cc(B(O)O)c3ccccc3c2-c2c1c1ccccc1c1ccccc21.CC1(C)c2cc(Br)c3ccccc3c2-c2c1c1ccccc1c1ccccc21. The molecule has 0 radical (unpaired) electrons. The molecule has 0 bridgehead atoms. The summed E-state index contributed by atoms with van der Waals surface area (Å²) in [6.45, 7) is 11.3. The summed E-state index contributed by atoms with van der Waals surface area (Å²) in [5.41, 5.74) is 10.9. The van der Waals surface area contributed by atoms with Gasteiger partial charge in [-0.3, -0.25) is 0 Å². The van der Waals surface area contributed by atoms with Crippen molar-refractivity contribution in [3.8, 4) is 22.3 Å². The molecule has 63 heavy (non-hydrogen) atoms. The van der Waals surface area contributed by atoms with Gasteiger partial charge in [0.25, 0.3) is 0 Å². The number of benzene rings is 10. The molecule has 0 saturated carbocycles. The van der Waals surface area contributed by atoms with Crippen molar-refractivity contribution in [2.75, 3.05) is 13.2 Å². The third-order valence-corrected chi connectivity index (χ3v) is 14.8. The molecule has 2 aliphatic carbocycles. The third kappa shape index (κ3) is 6.05. The van der Waals surface area contributed by atoms with Gasteiger partial charge in [-0.2, -0.15) is 0 Å². The van der Waals surface area contributed by atoms with Gasteiger partial charge >= 0.3 is 7.12 Å². The number of hydrogen-bond acceptors (Lipinski definition) is 3. The van der Waals surface area contributed by atoms with E-state index in [1.54, 1.807) is 0 Å². The third-order valence-electron chi connectivity index (χ3n) is 14.1. The standard InChI is InChI=1S/C27H21BO2.C27H19Br.C4H8O/c1-27(2)22-15-23(28(29)30)18-11-5-7-13-20(18)24(22)25-19-12-6-3-9-16(19)17-10-4-8-14-21(17)26(25)27;1-27(2)22-15-23(28)18-11-5-7-13-20(18)24(22)25-19-12-6-3-9-16(19)17-10-4-8-14-21(17)26(25)27;1-2-4-5-3-1/h3-15,29-30H,1-2H3;3-15H,1-2H3;1-4H2. The molecule has 0 spiro atoms. The van der Waals surface area contributed by atoms with Crippen LogP contribution in [0.4, 0.5) is 0 Å². The van der Waals surface area contributed by atoms with Crippen molar-refractivity contribution in [3.05, 3.63) is 184 Å². The van der Waals surface area contributed by atoms with Crippen molar-refractivity contribution in [2.24, 2.45) is 0 Å². The lowest BCUT2D eigenvalue weighted by Crippen LogP contribution is -2.32. The van der Waals surface area contributed by atoms with E-state index >= 15 is 0 Å². The van der Waals surface area contributed by atoms with E-state index in [9.17, 15) is 10.0 Å². The number of hydrogen-bond donors (Lipinski definition) is 2. The van der Waals surface area contributed by atoms with Crippen LogP contribution >= 0.6 is 15.9 Å². The Morgan fingerprint density at radius 1 is 0.413 bits per heavy atom. The average Bonchev–Trinajstić information content (AvgIpc) is 4.03. The zero-order valence-electron chi connectivity index (χ0n) is 36.1. The molecule has 13 rings (SSSR count). The number of fused-ring (bicyclic) bond motifs is 20. The first kappa shape index (κ1) is 40.0. The van der Waals surface area contributed by atoms with Gasteiger partial charge in [0.1, 0.15) is 0 Å². The largest absolute Gasteiger partial charge is 0.489 e. The van der Waals surface area contributed by atoms with Crippen molar-refractivity contribution in [1.82, 2.24) is 0 Å². The van der Waals surface area contributed by atoms with E-state index in [1.807, 2.05) is 24.3 Å². The summed E-state index contributed by atoms with van der Waals surface area (Å²) >= 11 is 3.85. The highest BCUT2D eigenvalue weighted by molar-refractivity contribution is 9.10. The first-order chi connectivity index (χ1) is 30.6. The molecule has 1 fully saturated rings. The van der Waals surface area contributed by atoms with Gasteiger partial charge in [-0.25, -0.2) is 0 Å². The highest BCUT2D eigenvalue weighted by Gasteiger charge is 2.41. The molecule has 1 heterocycles. The van der Waals surface area contributed by atoms with Crippen LogP contribution in [-0.2, 0) is 15.6 Å². The summed E-state index contributed by atoms with van der Waals surface area (Å²) in [7, 11) is -1.51. The quantitative estimate of drug-likeness (QED) is 0.128. The predicted octanol–water partition coefficient (Wildman–Crippen LogP) is 14.1. The molecule has 0 unspecified atom stereocenters. The van der Waals surface area contributed by atoms with Crippen molar-refractivity contribution in [3.63, 3.8) is 0 Å². The topological polar surface area (TPSA) is 49.7 Å². The Morgan fingerprint density at radius 2 is 0.730 bits per heavy atom. The van der Waals surface area contributed by atoms with Crippen molar-refractivity contribution in [1.29, 1.82) is 0 Å². The monoisotopic (exact) mass is 882 g/mol. The zero-order chi connectivity index (χ0) is 43.2. The van der Waals surface area contributed by atoms with E-state index in [-0.39, 0.29) is 10.8 Å². The molecule has 308 valence electrons. The molecule has 10 aromatic rings. The van der Waals surface area contributed by atoms with Crippen LogP contribution in [0.3, 0.4) is 0 Å². The Morgan fingerprint density at radius 3 is 1.13 bits per heavy atom. The van der Waals surface area contributed by atoms with Gasteiger partial charge in [0.2, 0.25) is 0 Å². The van der Waals surface area contributed by atoms with E-state index < -0.39 is 7.12 Å². The molecule has 3 nitrogen and oxygen atoms in total. The summed E-state index contributed by atoms with van der Waals surface area (Å²) in [6.07, 6.45) is 2.56. The van der Waals surface area contributed by atoms with E-state index in [0.29, 0.717) is 5.46 Å². The molecule has 5 heteroatoms. The highest BCUT2D eigenvalue weighted by Crippen LogP contribution is 2.58. The average molecular weight is 884 g/mol. The Labute approximate surface area is 377 Å². The fourth-order valence-corrected chi connectivity index (χ4v) is 11.9. The lowest BCUT2D eigenvalue weighted by atomic mass is 9.72. The summed E-state index contributed by atoms with van der Waals surface area (Å²) in [5, 5.41) is 35.3. The van der Waals surface area contributed by atoms with Gasteiger partial charge in [-0.1, -0.05) is 195 Å². The van der Waals surface area contributed by atoms with Crippen molar-refractivity contribution < 1.29 is 14.8 Å². The molecule has 0 aromatic heterocycles. The van der Waals surface area contributed by atoms with Gasteiger partial charge < -0.3 is 14.8 Å². The van der Waals surface area contributed by atoms with Crippen LogP contribution in [0.15, 0.2) is 162 Å². The summed E-state index contributed by atoms with van der Waals surface area (Å²) < 4.78 is 6.12. The minimum absolute atomic E-state index is 0.0547. The van der Waals surface area contributed by atoms with Crippen LogP contribution in [0.2, 0.25) is 0 Å². The smallest absolute Gasteiger partial charge is 0.423 e. The van der Waals surface area contributed by atoms with Crippen molar-refractivity contribution in [2.45, 2.75) is 51.4 Å². The first-order valence-electron chi connectivity index (χ1n) is 22.2. The molecule has 10 aromatic carbocycles. The van der Waals surface area contributed by atoms with E-state index in [0.717, 1.165) is 29.5 Å². The maximum atomic E-state index is 10.1. The van der Waals surface area contributed by atoms with Gasteiger partial charge in [-0.15, -0.1) is 0 Å². The second-order valence-electron chi connectivity index (χ2n) is 18.4. The van der Waals surface area contributed by atoms with E-state index in [1.165, 1.54) is 110 Å². The predicted molar refractivity (Wildman–Crippen MR) is 271 cm³/mol. The molecule has 2 N–H and O–H groups in total. The van der Waals surface area contributed by atoms with Gasteiger partial charge in [0.05, 0.1) is 0 Å². The van der Waals surface area contributed by atoms with Gasteiger partial charge in [-0.05, 0) is 134 Å². The normalized spacial score (nSPS) is 15.2. The zero-order valence-corrected chi connectivity index (χ0v) is 37.7. The van der Waals surface area contributed by atoms with Crippen LogP contribution < -0.4 is 5.46 Å². The second-order valence-corrected chi connectivity index (χ2v) is 19.2. The Bertz CT molecular complexity index is 3480. The minimum Gasteiger partial charge on any atom is -0.423 e. The van der Waals surface area contributed by atoms with Crippen LogP contribution in [0.1, 0.15) is 62.8 Å². The minimum atomic E-state index is -1.51.